The van der Waals surface area contributed by atoms with E-state index in [2.05, 4.69) is 19.0 Å². The van der Waals surface area contributed by atoms with E-state index in [1.54, 1.807) is 0 Å². The number of rotatable bonds is 3. The van der Waals surface area contributed by atoms with Crippen molar-refractivity contribution < 1.29 is 14.1 Å². The summed E-state index contributed by atoms with van der Waals surface area (Å²) in [5.41, 5.74) is 1.88. The molecule has 5 nitrogen and oxygen atoms in total. The van der Waals surface area contributed by atoms with Crippen LogP contribution in [0, 0.1) is 6.92 Å². The maximum absolute atomic E-state index is 13.1. The normalized spacial score (nSPS) is 22.5. The van der Waals surface area contributed by atoms with Gasteiger partial charge in [0, 0.05) is 24.7 Å². The molecule has 1 aromatic rings. The van der Waals surface area contributed by atoms with Crippen molar-refractivity contribution in [3.05, 3.63) is 29.3 Å². The van der Waals surface area contributed by atoms with Gasteiger partial charge in [0.25, 0.3) is 5.91 Å². The molecule has 0 aliphatic carbocycles. The molecule has 2 fully saturated rings. The summed E-state index contributed by atoms with van der Waals surface area (Å²) in [7, 11) is 3.78. The Kier molecular flexibility index (Phi) is 5.45. The van der Waals surface area contributed by atoms with Gasteiger partial charge in [-0.3, -0.25) is 4.79 Å². The van der Waals surface area contributed by atoms with Gasteiger partial charge < -0.3 is 19.1 Å². The molecular weight excluding hydrogens is 339 g/mol. The fraction of sp³-hybridized carbons (Fsp3) is 0.667. The molecule has 2 saturated heterocycles. The number of benzene rings is 1. The van der Waals surface area contributed by atoms with E-state index in [1.165, 1.54) is 0 Å². The van der Waals surface area contributed by atoms with Crippen molar-refractivity contribution in [1.29, 1.82) is 0 Å². The maximum atomic E-state index is 13.1. The van der Waals surface area contributed by atoms with Crippen LogP contribution in [0.2, 0.25) is 0 Å². The van der Waals surface area contributed by atoms with Crippen LogP contribution in [0.15, 0.2) is 18.2 Å². The molecule has 6 heteroatoms. The molecular formula is C21H33BN2O3. The van der Waals surface area contributed by atoms with E-state index >= 15 is 0 Å². The van der Waals surface area contributed by atoms with Crippen LogP contribution in [-0.4, -0.2) is 67.3 Å². The lowest BCUT2D eigenvalue weighted by molar-refractivity contribution is 0.00578. The number of hydrogen-bond donors (Lipinski definition) is 0. The molecule has 0 aromatic heterocycles. The summed E-state index contributed by atoms with van der Waals surface area (Å²) < 4.78 is 12.4. The minimum absolute atomic E-state index is 0.114. The van der Waals surface area contributed by atoms with Crippen molar-refractivity contribution in [2.24, 2.45) is 0 Å². The van der Waals surface area contributed by atoms with Gasteiger partial charge in [-0.15, -0.1) is 0 Å². The zero-order chi connectivity index (χ0) is 20.0. The number of likely N-dealkylation sites (tertiary alicyclic amines) is 1. The fourth-order valence-corrected chi connectivity index (χ4v) is 3.87. The summed E-state index contributed by atoms with van der Waals surface area (Å²) in [6, 6.07) is 6.43. The second-order valence-corrected chi connectivity index (χ2v) is 9.10. The highest BCUT2D eigenvalue weighted by molar-refractivity contribution is 6.62. The molecule has 0 unspecified atom stereocenters. The average Bonchev–Trinajstić information content (AvgIpc) is 2.82. The zero-order valence-electron chi connectivity index (χ0n) is 17.8. The van der Waals surface area contributed by atoms with Crippen LogP contribution in [0.1, 0.15) is 56.5 Å². The third kappa shape index (κ3) is 3.80. The molecule has 0 saturated carbocycles. The Balaban J connectivity index is 1.79. The quantitative estimate of drug-likeness (QED) is 0.765. The molecule has 3 rings (SSSR count). The van der Waals surface area contributed by atoms with Crippen LogP contribution in [0.4, 0.5) is 0 Å². The zero-order valence-corrected chi connectivity index (χ0v) is 17.8. The average molecular weight is 372 g/mol. The van der Waals surface area contributed by atoms with Crippen LogP contribution < -0.4 is 5.46 Å². The van der Waals surface area contributed by atoms with Gasteiger partial charge in [-0.2, -0.15) is 0 Å². The van der Waals surface area contributed by atoms with Gasteiger partial charge in [-0.1, -0.05) is 12.1 Å². The Morgan fingerprint density at radius 2 is 1.67 bits per heavy atom. The van der Waals surface area contributed by atoms with Crippen molar-refractivity contribution in [3.63, 3.8) is 0 Å². The molecule has 2 aliphatic heterocycles. The summed E-state index contributed by atoms with van der Waals surface area (Å²) in [6.45, 7) is 11.8. The molecule has 27 heavy (non-hydrogen) atoms. The summed E-state index contributed by atoms with van der Waals surface area (Å²) in [5, 5.41) is 0. The van der Waals surface area contributed by atoms with Crippen LogP contribution >= 0.6 is 0 Å². The molecule has 1 aromatic carbocycles. The highest BCUT2D eigenvalue weighted by Crippen LogP contribution is 2.36. The molecule has 1 amide bonds. The Hall–Kier alpha value is -1.37. The Bertz CT molecular complexity index is 693. The number of amides is 1. The predicted octanol–water partition coefficient (Wildman–Crippen LogP) is 2.46. The third-order valence-corrected chi connectivity index (χ3v) is 6.60. The monoisotopic (exact) mass is 372 g/mol. The van der Waals surface area contributed by atoms with Crippen molar-refractivity contribution in [3.8, 4) is 0 Å². The topological polar surface area (TPSA) is 42.0 Å². The van der Waals surface area contributed by atoms with Crippen LogP contribution in [-0.2, 0) is 9.31 Å². The third-order valence-electron chi connectivity index (χ3n) is 6.60. The number of nitrogens with zero attached hydrogens (tertiary/aromatic N) is 2. The summed E-state index contributed by atoms with van der Waals surface area (Å²) in [4.78, 5) is 17.4. The SMILES string of the molecule is Cc1c(B2OC(C)(C)C(C)(C)O2)cccc1C(=O)N1CCC(N(C)C)CC1. The smallest absolute Gasteiger partial charge is 0.399 e. The number of carbonyl (C=O) groups is 1. The van der Waals surface area contributed by atoms with Gasteiger partial charge in [-0.25, -0.2) is 0 Å². The molecule has 148 valence electrons. The molecule has 0 N–H and O–H groups in total. The van der Waals surface area contributed by atoms with Gasteiger partial charge in [-0.05, 0) is 78.6 Å². The lowest BCUT2D eigenvalue weighted by atomic mass is 9.75. The fourth-order valence-electron chi connectivity index (χ4n) is 3.87. The first-order valence-electron chi connectivity index (χ1n) is 9.94. The summed E-state index contributed by atoms with van der Waals surface area (Å²) in [5.74, 6) is 0.114. The van der Waals surface area contributed by atoms with Gasteiger partial charge in [0.15, 0.2) is 0 Å². The second kappa shape index (κ2) is 7.23. The van der Waals surface area contributed by atoms with Crippen molar-refractivity contribution in [2.75, 3.05) is 27.2 Å². The highest BCUT2D eigenvalue weighted by Gasteiger charge is 2.52. The van der Waals surface area contributed by atoms with Crippen LogP contribution in [0.25, 0.3) is 0 Å². The first kappa shape index (κ1) is 20.4. The Morgan fingerprint density at radius 1 is 1.11 bits per heavy atom. The van der Waals surface area contributed by atoms with Crippen molar-refractivity contribution in [2.45, 2.75) is 64.7 Å². The van der Waals surface area contributed by atoms with E-state index in [-0.39, 0.29) is 5.91 Å². The Labute approximate surface area is 164 Å². The van der Waals surface area contributed by atoms with Crippen LogP contribution in [0.5, 0.6) is 0 Å². The number of hydrogen-bond acceptors (Lipinski definition) is 4. The van der Waals surface area contributed by atoms with Crippen LogP contribution in [0.3, 0.4) is 0 Å². The highest BCUT2D eigenvalue weighted by atomic mass is 16.7. The Morgan fingerprint density at radius 3 is 2.19 bits per heavy atom. The largest absolute Gasteiger partial charge is 0.495 e. The van der Waals surface area contributed by atoms with Gasteiger partial charge >= 0.3 is 7.12 Å². The summed E-state index contributed by atoms with van der Waals surface area (Å²) >= 11 is 0. The second-order valence-electron chi connectivity index (χ2n) is 9.10. The van der Waals surface area contributed by atoms with Gasteiger partial charge in [0.1, 0.15) is 0 Å². The minimum atomic E-state index is -0.442. The summed E-state index contributed by atoms with van der Waals surface area (Å²) in [6.07, 6.45) is 2.05. The molecule has 0 radical (unpaired) electrons. The first-order valence-corrected chi connectivity index (χ1v) is 9.94. The maximum Gasteiger partial charge on any atom is 0.495 e. The molecule has 2 aliphatic rings. The minimum Gasteiger partial charge on any atom is -0.399 e. The van der Waals surface area contributed by atoms with Gasteiger partial charge in [0.2, 0.25) is 0 Å². The molecule has 0 atom stereocenters. The molecule has 2 heterocycles. The van der Waals surface area contributed by atoms with E-state index in [1.807, 2.05) is 57.7 Å². The first-order chi connectivity index (χ1) is 12.5. The molecule has 0 spiro atoms. The predicted molar refractivity (Wildman–Crippen MR) is 110 cm³/mol. The lowest BCUT2D eigenvalue weighted by Crippen LogP contribution is -2.45. The van der Waals surface area contributed by atoms with E-state index < -0.39 is 18.3 Å². The van der Waals surface area contributed by atoms with Crippen molar-refractivity contribution in [1.82, 2.24) is 9.80 Å². The number of piperidine rings is 1. The van der Waals surface area contributed by atoms with Crippen molar-refractivity contribution >= 4 is 18.5 Å². The van der Waals surface area contributed by atoms with E-state index in [9.17, 15) is 4.79 Å². The lowest BCUT2D eigenvalue weighted by Gasteiger charge is -2.35. The van der Waals surface area contributed by atoms with E-state index in [0.717, 1.165) is 42.5 Å². The molecule has 0 bridgehead atoms. The van der Waals surface area contributed by atoms with E-state index in [4.69, 9.17) is 9.31 Å². The van der Waals surface area contributed by atoms with E-state index in [0.29, 0.717) is 6.04 Å². The standard InChI is InChI=1S/C21H33BN2O3/c1-15-17(19(25)24-13-11-16(12-14-24)23(6)7)9-8-10-18(15)22-26-20(2,3)21(4,5)27-22/h8-10,16H,11-14H2,1-7H3. The van der Waals surface area contributed by atoms with Gasteiger partial charge in [0.05, 0.1) is 11.2 Å². The number of carbonyl (C=O) groups excluding carboxylic acids is 1.